The highest BCUT2D eigenvalue weighted by molar-refractivity contribution is 5.86. The maximum Gasteiger partial charge on any atom is 0.311 e. The van der Waals surface area contributed by atoms with Crippen molar-refractivity contribution in [3.8, 4) is 0 Å². The molecule has 0 radical (unpaired) electrons. The third kappa shape index (κ3) is 2.40. The van der Waals surface area contributed by atoms with Crippen molar-refractivity contribution in [2.24, 2.45) is 11.3 Å². The van der Waals surface area contributed by atoms with E-state index in [4.69, 9.17) is 0 Å². The molecule has 1 aliphatic heterocycles. The number of fused-ring (bicyclic) bond motifs is 1. The highest BCUT2D eigenvalue weighted by atomic mass is 19.1. The number of carbonyl (C=O) groups is 2. The molecule has 2 aliphatic rings. The summed E-state index contributed by atoms with van der Waals surface area (Å²) in [5.41, 5.74) is -1.14. The van der Waals surface area contributed by atoms with Crippen LogP contribution in [0, 0.1) is 23.0 Å². The fourth-order valence-electron chi connectivity index (χ4n) is 4.13. The minimum atomic E-state index is -0.971. The van der Waals surface area contributed by atoms with E-state index in [9.17, 15) is 23.5 Å². The van der Waals surface area contributed by atoms with Gasteiger partial charge in [0.1, 0.15) is 11.6 Å². The van der Waals surface area contributed by atoms with E-state index in [1.807, 2.05) is 0 Å². The number of rotatable bonds is 3. The second-order valence-corrected chi connectivity index (χ2v) is 6.63. The highest BCUT2D eigenvalue weighted by Crippen LogP contribution is 2.49. The lowest BCUT2D eigenvalue weighted by Gasteiger charge is -2.25. The molecule has 3 rings (SSSR count). The number of carbonyl (C=O) groups excluding carboxylic acids is 1. The van der Waals surface area contributed by atoms with Gasteiger partial charge in [0.05, 0.1) is 11.3 Å². The molecule has 1 aromatic carbocycles. The molecule has 1 saturated carbocycles. The number of carboxylic acid groups (broad SMARTS) is 1. The Morgan fingerprint density at radius 2 is 2.00 bits per heavy atom. The summed E-state index contributed by atoms with van der Waals surface area (Å²) >= 11 is 0. The molecule has 1 N–H and O–H groups in total. The average Bonchev–Trinajstić information content (AvgIpc) is 3.03. The predicted molar refractivity (Wildman–Crippen MR) is 78.8 cm³/mol. The van der Waals surface area contributed by atoms with Gasteiger partial charge in [-0.1, -0.05) is 12.5 Å². The molecular weight excluding hydrogens is 304 g/mol. The maximum absolute atomic E-state index is 13.9. The number of benzene rings is 1. The Bertz CT molecular complexity index is 643. The third-order valence-corrected chi connectivity index (χ3v) is 5.41. The van der Waals surface area contributed by atoms with Crippen LogP contribution in [-0.2, 0) is 9.59 Å². The van der Waals surface area contributed by atoms with Gasteiger partial charge in [-0.05, 0) is 37.8 Å². The molecule has 1 unspecified atom stereocenters. The van der Waals surface area contributed by atoms with E-state index in [0.29, 0.717) is 13.0 Å². The summed E-state index contributed by atoms with van der Waals surface area (Å²) in [6.07, 6.45) is 2.17. The Kier molecular flexibility index (Phi) is 3.86. The number of halogens is 2. The average molecular weight is 323 g/mol. The van der Waals surface area contributed by atoms with Crippen molar-refractivity contribution in [1.29, 1.82) is 0 Å². The fourth-order valence-corrected chi connectivity index (χ4v) is 4.13. The van der Waals surface area contributed by atoms with Crippen LogP contribution in [0.4, 0.5) is 8.78 Å². The molecule has 1 aromatic rings. The van der Waals surface area contributed by atoms with Gasteiger partial charge in [-0.3, -0.25) is 9.59 Å². The first kappa shape index (κ1) is 15.9. The Morgan fingerprint density at radius 1 is 1.35 bits per heavy atom. The maximum atomic E-state index is 13.9. The van der Waals surface area contributed by atoms with Crippen molar-refractivity contribution >= 4 is 11.9 Å². The van der Waals surface area contributed by atoms with Crippen LogP contribution < -0.4 is 0 Å². The molecule has 23 heavy (non-hydrogen) atoms. The normalized spacial score (nSPS) is 27.8. The van der Waals surface area contributed by atoms with Crippen molar-refractivity contribution in [3.05, 3.63) is 35.4 Å². The van der Waals surface area contributed by atoms with Gasteiger partial charge in [-0.25, -0.2) is 8.78 Å². The summed E-state index contributed by atoms with van der Waals surface area (Å²) in [7, 11) is 0. The van der Waals surface area contributed by atoms with Gasteiger partial charge < -0.3 is 10.0 Å². The second-order valence-electron chi connectivity index (χ2n) is 6.63. The summed E-state index contributed by atoms with van der Waals surface area (Å²) in [5, 5.41) is 9.56. The third-order valence-electron chi connectivity index (χ3n) is 5.41. The SMILES string of the molecule is CC(C(=O)N1C[C@@H]2CCC[C@@]2(C(=O)O)C1)c1c(F)cccc1F. The Labute approximate surface area is 133 Å². The molecular formula is C17H19F2NO3. The molecule has 2 fully saturated rings. The zero-order valence-corrected chi connectivity index (χ0v) is 12.9. The van der Waals surface area contributed by atoms with E-state index in [0.717, 1.165) is 25.0 Å². The summed E-state index contributed by atoms with van der Waals surface area (Å²) in [5.74, 6) is -3.83. The first-order valence-corrected chi connectivity index (χ1v) is 7.83. The molecule has 1 saturated heterocycles. The lowest BCUT2D eigenvalue weighted by molar-refractivity contribution is -0.149. The molecule has 0 bridgehead atoms. The first-order chi connectivity index (χ1) is 10.9. The van der Waals surface area contributed by atoms with E-state index in [-0.39, 0.29) is 18.0 Å². The Morgan fingerprint density at radius 3 is 2.57 bits per heavy atom. The molecule has 1 heterocycles. The standard InChI is InChI=1S/C17H19F2NO3/c1-10(14-12(18)5-2-6-13(14)19)15(21)20-8-11-4-3-7-17(11,9-20)16(22)23/h2,5-6,10-11H,3-4,7-9H2,1H3,(H,22,23)/t10?,11-,17+/m0/s1. The van der Waals surface area contributed by atoms with Gasteiger partial charge in [0.2, 0.25) is 5.91 Å². The molecule has 0 aromatic heterocycles. The van der Waals surface area contributed by atoms with Gasteiger partial charge in [0, 0.05) is 18.7 Å². The number of likely N-dealkylation sites (tertiary alicyclic amines) is 1. The van der Waals surface area contributed by atoms with Crippen molar-refractivity contribution < 1.29 is 23.5 Å². The fraction of sp³-hybridized carbons (Fsp3) is 0.529. The lowest BCUT2D eigenvalue weighted by atomic mass is 9.81. The second kappa shape index (κ2) is 5.58. The van der Waals surface area contributed by atoms with E-state index in [2.05, 4.69) is 0 Å². The van der Waals surface area contributed by atoms with E-state index in [1.54, 1.807) is 0 Å². The van der Waals surface area contributed by atoms with Gasteiger partial charge in [0.15, 0.2) is 0 Å². The minimum Gasteiger partial charge on any atom is -0.481 e. The molecule has 1 aliphatic carbocycles. The van der Waals surface area contributed by atoms with Gasteiger partial charge in [-0.15, -0.1) is 0 Å². The number of hydrogen-bond acceptors (Lipinski definition) is 2. The summed E-state index contributed by atoms with van der Waals surface area (Å²) in [6, 6.07) is 3.50. The first-order valence-electron chi connectivity index (χ1n) is 7.83. The van der Waals surface area contributed by atoms with Gasteiger partial charge >= 0.3 is 5.97 Å². The molecule has 6 heteroatoms. The molecule has 124 valence electrons. The van der Waals surface area contributed by atoms with Crippen LogP contribution in [0.25, 0.3) is 0 Å². The van der Waals surface area contributed by atoms with Crippen LogP contribution >= 0.6 is 0 Å². The zero-order chi connectivity index (χ0) is 16.8. The van der Waals surface area contributed by atoms with Crippen LogP contribution in [0.15, 0.2) is 18.2 Å². The largest absolute Gasteiger partial charge is 0.481 e. The number of hydrogen-bond donors (Lipinski definition) is 1. The molecule has 3 atom stereocenters. The van der Waals surface area contributed by atoms with Crippen LogP contribution in [-0.4, -0.2) is 35.0 Å². The summed E-state index contributed by atoms with van der Waals surface area (Å²) in [4.78, 5) is 25.8. The number of nitrogens with zero attached hydrogens (tertiary/aromatic N) is 1. The van der Waals surface area contributed by atoms with Gasteiger partial charge in [-0.2, -0.15) is 0 Å². The van der Waals surface area contributed by atoms with E-state index >= 15 is 0 Å². The zero-order valence-electron chi connectivity index (χ0n) is 12.9. The Balaban J connectivity index is 1.83. The summed E-state index contributed by atoms with van der Waals surface area (Å²) < 4.78 is 27.8. The van der Waals surface area contributed by atoms with Crippen molar-refractivity contribution in [3.63, 3.8) is 0 Å². The van der Waals surface area contributed by atoms with E-state index in [1.165, 1.54) is 17.9 Å². The monoisotopic (exact) mass is 323 g/mol. The van der Waals surface area contributed by atoms with Gasteiger partial charge in [0.25, 0.3) is 0 Å². The van der Waals surface area contributed by atoms with Crippen molar-refractivity contribution in [2.45, 2.75) is 32.1 Å². The van der Waals surface area contributed by atoms with Crippen LogP contribution in [0.2, 0.25) is 0 Å². The summed E-state index contributed by atoms with van der Waals surface area (Å²) in [6.45, 7) is 1.95. The van der Waals surface area contributed by atoms with Crippen molar-refractivity contribution in [1.82, 2.24) is 4.90 Å². The van der Waals surface area contributed by atoms with Crippen LogP contribution in [0.1, 0.15) is 37.7 Å². The van der Waals surface area contributed by atoms with Crippen LogP contribution in [0.3, 0.4) is 0 Å². The quantitative estimate of drug-likeness (QED) is 0.930. The highest BCUT2D eigenvalue weighted by Gasteiger charge is 2.56. The number of aliphatic carboxylic acids is 1. The molecule has 0 spiro atoms. The molecule has 1 amide bonds. The number of amides is 1. The lowest BCUT2D eigenvalue weighted by Crippen LogP contribution is -2.38. The Hall–Kier alpha value is -1.98. The van der Waals surface area contributed by atoms with E-state index < -0.39 is 34.8 Å². The minimum absolute atomic E-state index is 0.0679. The van der Waals surface area contributed by atoms with Crippen LogP contribution in [0.5, 0.6) is 0 Å². The van der Waals surface area contributed by atoms with Crippen molar-refractivity contribution in [2.75, 3.05) is 13.1 Å². The molecule has 4 nitrogen and oxygen atoms in total. The number of carboxylic acids is 1. The smallest absolute Gasteiger partial charge is 0.311 e. The topological polar surface area (TPSA) is 57.6 Å². The predicted octanol–water partition coefficient (Wildman–Crippen LogP) is 2.78.